The highest BCUT2D eigenvalue weighted by molar-refractivity contribution is 7.13. The number of aliphatic carboxylic acids is 1. The number of hydrogen-bond acceptors (Lipinski definition) is 4. The molecule has 0 aliphatic heterocycles. The van der Waals surface area contributed by atoms with Crippen molar-refractivity contribution in [3.63, 3.8) is 0 Å². The number of thiazole rings is 1. The van der Waals surface area contributed by atoms with Crippen LogP contribution >= 0.6 is 11.3 Å². The fourth-order valence-corrected chi connectivity index (χ4v) is 2.32. The smallest absolute Gasteiger partial charge is 0.309 e. The van der Waals surface area contributed by atoms with Gasteiger partial charge in [0.15, 0.2) is 5.13 Å². The van der Waals surface area contributed by atoms with Gasteiger partial charge in [-0.05, 0) is 17.7 Å². The molecular weight excluding hydrogens is 283 g/mol. The fourth-order valence-electron chi connectivity index (χ4n) is 1.60. The Morgan fingerprint density at radius 3 is 2.85 bits per heavy atom. The van der Waals surface area contributed by atoms with E-state index in [1.54, 1.807) is 11.4 Å². The molecular formula is C13H11FN2O3S. The summed E-state index contributed by atoms with van der Waals surface area (Å²) in [6, 6.07) is 5.78. The Labute approximate surface area is 118 Å². The van der Waals surface area contributed by atoms with Crippen LogP contribution in [-0.4, -0.2) is 22.0 Å². The van der Waals surface area contributed by atoms with E-state index in [1.807, 2.05) is 0 Å². The maximum Gasteiger partial charge on any atom is 0.309 e. The van der Waals surface area contributed by atoms with Crippen LogP contribution in [0, 0.1) is 5.82 Å². The van der Waals surface area contributed by atoms with Crippen molar-refractivity contribution in [2.75, 3.05) is 5.32 Å². The first kappa shape index (κ1) is 14.1. The molecule has 0 radical (unpaired) electrons. The number of carbonyl (C=O) groups is 2. The number of halogens is 1. The largest absolute Gasteiger partial charge is 0.481 e. The third-order valence-electron chi connectivity index (χ3n) is 2.38. The van der Waals surface area contributed by atoms with Gasteiger partial charge in [0, 0.05) is 5.38 Å². The number of carbonyl (C=O) groups excluding carboxylic acids is 1. The minimum Gasteiger partial charge on any atom is -0.481 e. The van der Waals surface area contributed by atoms with Crippen LogP contribution in [0.5, 0.6) is 0 Å². The number of nitrogens with one attached hydrogen (secondary N) is 1. The number of benzene rings is 1. The average molecular weight is 294 g/mol. The summed E-state index contributed by atoms with van der Waals surface area (Å²) >= 11 is 1.15. The van der Waals surface area contributed by atoms with Crippen LogP contribution in [0.25, 0.3) is 0 Å². The molecule has 0 spiro atoms. The molecule has 0 fully saturated rings. The predicted molar refractivity (Wildman–Crippen MR) is 72.2 cm³/mol. The molecule has 0 unspecified atom stereocenters. The van der Waals surface area contributed by atoms with Gasteiger partial charge in [0.25, 0.3) is 0 Å². The van der Waals surface area contributed by atoms with E-state index in [1.165, 1.54) is 18.2 Å². The number of carboxylic acid groups (broad SMARTS) is 1. The zero-order valence-corrected chi connectivity index (χ0v) is 11.1. The second kappa shape index (κ2) is 6.25. The number of aromatic nitrogens is 1. The Hall–Kier alpha value is -2.28. The number of hydrogen-bond donors (Lipinski definition) is 2. The van der Waals surface area contributed by atoms with Crippen LogP contribution in [0.1, 0.15) is 11.3 Å². The van der Waals surface area contributed by atoms with Gasteiger partial charge in [0.05, 0.1) is 18.5 Å². The van der Waals surface area contributed by atoms with E-state index in [9.17, 15) is 14.0 Å². The molecule has 5 nitrogen and oxygen atoms in total. The summed E-state index contributed by atoms with van der Waals surface area (Å²) in [7, 11) is 0. The first-order chi connectivity index (χ1) is 9.52. The number of nitrogens with zero attached hydrogens (tertiary/aromatic N) is 1. The van der Waals surface area contributed by atoms with Crippen LogP contribution in [0.4, 0.5) is 9.52 Å². The van der Waals surface area contributed by atoms with E-state index in [4.69, 9.17) is 5.11 Å². The van der Waals surface area contributed by atoms with Gasteiger partial charge in [0.1, 0.15) is 5.82 Å². The highest BCUT2D eigenvalue weighted by atomic mass is 32.1. The van der Waals surface area contributed by atoms with E-state index >= 15 is 0 Å². The monoisotopic (exact) mass is 294 g/mol. The molecule has 0 atom stereocenters. The molecule has 1 heterocycles. The van der Waals surface area contributed by atoms with Crippen LogP contribution in [-0.2, 0) is 22.4 Å². The lowest BCUT2D eigenvalue weighted by atomic mass is 10.1. The fraction of sp³-hybridized carbons (Fsp3) is 0.154. The Kier molecular flexibility index (Phi) is 4.41. The van der Waals surface area contributed by atoms with E-state index in [2.05, 4.69) is 10.3 Å². The van der Waals surface area contributed by atoms with Crippen LogP contribution in [0.3, 0.4) is 0 Å². The minimum absolute atomic E-state index is 0.0333. The molecule has 2 N–H and O–H groups in total. The Bertz CT molecular complexity index is 642. The van der Waals surface area contributed by atoms with Crippen molar-refractivity contribution in [2.45, 2.75) is 12.8 Å². The maximum absolute atomic E-state index is 13.0. The van der Waals surface area contributed by atoms with Crippen molar-refractivity contribution < 1.29 is 19.1 Å². The minimum atomic E-state index is -0.979. The lowest BCUT2D eigenvalue weighted by Crippen LogP contribution is -2.14. The van der Waals surface area contributed by atoms with Crippen LogP contribution < -0.4 is 5.32 Å². The zero-order valence-electron chi connectivity index (χ0n) is 10.3. The van der Waals surface area contributed by atoms with Crippen LogP contribution in [0.2, 0.25) is 0 Å². The Morgan fingerprint density at radius 2 is 2.15 bits per heavy atom. The lowest BCUT2D eigenvalue weighted by Gasteiger charge is -2.02. The number of rotatable bonds is 5. The van der Waals surface area contributed by atoms with Gasteiger partial charge in [-0.2, -0.15) is 0 Å². The summed E-state index contributed by atoms with van der Waals surface area (Å²) in [6.45, 7) is 0. The molecule has 0 saturated heterocycles. The van der Waals surface area contributed by atoms with Gasteiger partial charge < -0.3 is 10.4 Å². The normalized spacial score (nSPS) is 10.2. The summed E-state index contributed by atoms with van der Waals surface area (Å²) in [6.07, 6.45) is -0.151. The molecule has 1 amide bonds. The first-order valence-electron chi connectivity index (χ1n) is 5.73. The summed E-state index contributed by atoms with van der Waals surface area (Å²) in [5.41, 5.74) is 0.952. The highest BCUT2D eigenvalue weighted by Gasteiger charge is 2.09. The molecule has 0 saturated carbocycles. The topological polar surface area (TPSA) is 79.3 Å². The molecule has 0 aliphatic carbocycles. The zero-order chi connectivity index (χ0) is 14.5. The molecule has 0 aliphatic rings. The van der Waals surface area contributed by atoms with Gasteiger partial charge >= 0.3 is 5.97 Å². The van der Waals surface area contributed by atoms with Gasteiger partial charge in [0.2, 0.25) is 5.91 Å². The Morgan fingerprint density at radius 1 is 1.35 bits per heavy atom. The standard InChI is InChI=1S/C13H11FN2O3S/c14-9-3-1-2-8(4-9)5-11(17)16-13-15-10(7-20-13)6-12(18)19/h1-4,7H,5-6H2,(H,18,19)(H,15,16,17). The van der Waals surface area contributed by atoms with Crippen molar-refractivity contribution in [3.8, 4) is 0 Å². The second-order valence-corrected chi connectivity index (χ2v) is 4.93. The third-order valence-corrected chi connectivity index (χ3v) is 3.19. The highest BCUT2D eigenvalue weighted by Crippen LogP contribution is 2.16. The summed E-state index contributed by atoms with van der Waals surface area (Å²) in [5.74, 6) is -1.70. The molecule has 0 bridgehead atoms. The van der Waals surface area contributed by atoms with E-state index in [-0.39, 0.29) is 18.7 Å². The lowest BCUT2D eigenvalue weighted by molar-refractivity contribution is -0.136. The summed E-state index contributed by atoms with van der Waals surface area (Å²) < 4.78 is 13.0. The van der Waals surface area contributed by atoms with Gasteiger partial charge in [-0.1, -0.05) is 12.1 Å². The molecule has 104 valence electrons. The van der Waals surface area contributed by atoms with E-state index in [0.29, 0.717) is 16.4 Å². The summed E-state index contributed by atoms with van der Waals surface area (Å²) in [5, 5.41) is 13.1. The summed E-state index contributed by atoms with van der Waals surface area (Å²) in [4.78, 5) is 26.2. The first-order valence-corrected chi connectivity index (χ1v) is 6.61. The van der Waals surface area contributed by atoms with Crippen molar-refractivity contribution in [1.29, 1.82) is 0 Å². The molecule has 20 heavy (non-hydrogen) atoms. The van der Waals surface area contributed by atoms with E-state index < -0.39 is 11.8 Å². The van der Waals surface area contributed by atoms with Crippen LogP contribution in [0.15, 0.2) is 29.6 Å². The molecule has 2 aromatic rings. The predicted octanol–water partition coefficient (Wildman–Crippen LogP) is 2.09. The van der Waals surface area contributed by atoms with Gasteiger partial charge in [-0.3, -0.25) is 9.59 Å². The molecule has 1 aromatic carbocycles. The van der Waals surface area contributed by atoms with Crippen molar-refractivity contribution in [1.82, 2.24) is 4.98 Å². The number of amides is 1. The SMILES string of the molecule is O=C(O)Cc1csc(NC(=O)Cc2cccc(F)c2)n1. The van der Waals surface area contributed by atoms with E-state index in [0.717, 1.165) is 11.3 Å². The third kappa shape index (κ3) is 4.13. The van der Waals surface area contributed by atoms with Crippen molar-refractivity contribution in [3.05, 3.63) is 46.7 Å². The molecule has 7 heteroatoms. The molecule has 1 aromatic heterocycles. The maximum atomic E-state index is 13.0. The average Bonchev–Trinajstić information content (AvgIpc) is 2.75. The number of anilines is 1. The Balaban J connectivity index is 1.94. The van der Waals surface area contributed by atoms with Crippen molar-refractivity contribution >= 4 is 28.3 Å². The number of carboxylic acids is 1. The van der Waals surface area contributed by atoms with Gasteiger partial charge in [-0.15, -0.1) is 11.3 Å². The van der Waals surface area contributed by atoms with Gasteiger partial charge in [-0.25, -0.2) is 9.37 Å². The molecule has 2 rings (SSSR count). The van der Waals surface area contributed by atoms with Crippen molar-refractivity contribution in [2.24, 2.45) is 0 Å². The second-order valence-electron chi connectivity index (χ2n) is 4.07. The quantitative estimate of drug-likeness (QED) is 0.885.